The van der Waals surface area contributed by atoms with Crippen molar-refractivity contribution in [3.63, 3.8) is 0 Å². The first-order valence-corrected chi connectivity index (χ1v) is 5.89. The van der Waals surface area contributed by atoms with Gasteiger partial charge < -0.3 is 5.32 Å². The summed E-state index contributed by atoms with van der Waals surface area (Å²) in [6.07, 6.45) is 2.26. The van der Waals surface area contributed by atoms with Crippen molar-refractivity contribution in [3.8, 4) is 6.07 Å². The van der Waals surface area contributed by atoms with Crippen LogP contribution in [0.25, 0.3) is 0 Å². The molecule has 17 heavy (non-hydrogen) atoms. The molecular weight excluding hydrogens is 218 g/mol. The highest BCUT2D eigenvalue weighted by Crippen LogP contribution is 2.21. The van der Waals surface area contributed by atoms with Crippen molar-refractivity contribution in [3.05, 3.63) is 0 Å². The highest BCUT2D eigenvalue weighted by atomic mass is 16.2. The molecule has 1 heterocycles. The van der Waals surface area contributed by atoms with Gasteiger partial charge in [-0.15, -0.1) is 0 Å². The minimum Gasteiger partial charge on any atom is -0.305 e. The third-order valence-corrected chi connectivity index (χ3v) is 2.98. The molecule has 0 radical (unpaired) electrons. The van der Waals surface area contributed by atoms with Crippen molar-refractivity contribution < 1.29 is 9.59 Å². The van der Waals surface area contributed by atoms with Crippen LogP contribution in [0.2, 0.25) is 0 Å². The van der Waals surface area contributed by atoms with Crippen LogP contribution in [0, 0.1) is 16.7 Å². The zero-order chi connectivity index (χ0) is 12.9. The summed E-state index contributed by atoms with van der Waals surface area (Å²) in [5, 5.41) is 14.0. The van der Waals surface area contributed by atoms with Crippen molar-refractivity contribution in [2.45, 2.75) is 45.6 Å². The van der Waals surface area contributed by atoms with Gasteiger partial charge in [0.15, 0.2) is 0 Å². The Morgan fingerprint density at radius 2 is 2.24 bits per heavy atom. The second-order valence-corrected chi connectivity index (χ2v) is 5.21. The number of carbonyl (C=O) groups excluding carboxylic acids is 2. The number of hydrogen-bond acceptors (Lipinski definition) is 4. The molecule has 1 saturated heterocycles. The van der Waals surface area contributed by atoms with Gasteiger partial charge in [0, 0.05) is 19.4 Å². The Morgan fingerprint density at radius 3 is 2.82 bits per heavy atom. The smallest absolute Gasteiger partial charge is 0.243 e. The third-order valence-electron chi connectivity index (χ3n) is 2.98. The number of nitriles is 1. The largest absolute Gasteiger partial charge is 0.305 e. The van der Waals surface area contributed by atoms with E-state index in [1.807, 2.05) is 0 Å². The molecule has 0 spiro atoms. The maximum absolute atomic E-state index is 11.5. The SMILES string of the molecule is CC(C)(CCC#N)CNC1CCC(=O)NC1=O. The summed E-state index contributed by atoms with van der Waals surface area (Å²) in [6.45, 7) is 4.79. The van der Waals surface area contributed by atoms with Crippen LogP contribution in [-0.2, 0) is 9.59 Å². The summed E-state index contributed by atoms with van der Waals surface area (Å²) < 4.78 is 0. The van der Waals surface area contributed by atoms with Crippen LogP contribution in [0.4, 0.5) is 0 Å². The Bertz CT molecular complexity index is 344. The Labute approximate surface area is 102 Å². The van der Waals surface area contributed by atoms with Crippen molar-refractivity contribution in [1.29, 1.82) is 5.26 Å². The van der Waals surface area contributed by atoms with Crippen LogP contribution in [0.1, 0.15) is 39.5 Å². The Morgan fingerprint density at radius 1 is 1.53 bits per heavy atom. The van der Waals surface area contributed by atoms with Gasteiger partial charge in [-0.25, -0.2) is 0 Å². The maximum atomic E-state index is 11.5. The third kappa shape index (κ3) is 4.53. The van der Waals surface area contributed by atoms with Crippen LogP contribution in [0.5, 0.6) is 0 Å². The quantitative estimate of drug-likeness (QED) is 0.690. The van der Waals surface area contributed by atoms with Crippen LogP contribution >= 0.6 is 0 Å². The molecular formula is C12H19N3O2. The van der Waals surface area contributed by atoms with Gasteiger partial charge in [0.05, 0.1) is 12.1 Å². The van der Waals surface area contributed by atoms with Gasteiger partial charge in [0.25, 0.3) is 0 Å². The second-order valence-electron chi connectivity index (χ2n) is 5.21. The van der Waals surface area contributed by atoms with E-state index in [0.29, 0.717) is 25.8 Å². The molecule has 2 N–H and O–H groups in total. The minimum atomic E-state index is -0.283. The maximum Gasteiger partial charge on any atom is 0.243 e. The molecule has 0 aromatic heterocycles. The summed E-state index contributed by atoms with van der Waals surface area (Å²) in [5.74, 6) is -0.436. The van der Waals surface area contributed by atoms with Crippen molar-refractivity contribution in [2.75, 3.05) is 6.54 Å². The summed E-state index contributed by atoms with van der Waals surface area (Å²) in [5.41, 5.74) is -0.0164. The Kier molecular flexibility index (Phi) is 4.64. The van der Waals surface area contributed by atoms with E-state index in [-0.39, 0.29) is 23.3 Å². The van der Waals surface area contributed by atoms with E-state index in [2.05, 4.69) is 30.6 Å². The predicted molar refractivity (Wildman–Crippen MR) is 62.8 cm³/mol. The van der Waals surface area contributed by atoms with Crippen LogP contribution in [-0.4, -0.2) is 24.4 Å². The lowest BCUT2D eigenvalue weighted by atomic mass is 9.87. The van der Waals surface area contributed by atoms with E-state index in [9.17, 15) is 9.59 Å². The zero-order valence-corrected chi connectivity index (χ0v) is 10.4. The number of hydrogen-bond donors (Lipinski definition) is 2. The van der Waals surface area contributed by atoms with E-state index in [4.69, 9.17) is 5.26 Å². The van der Waals surface area contributed by atoms with Crippen molar-refractivity contribution >= 4 is 11.8 Å². The molecule has 1 rings (SSSR count). The van der Waals surface area contributed by atoms with Crippen LogP contribution < -0.4 is 10.6 Å². The topological polar surface area (TPSA) is 82.0 Å². The number of piperidine rings is 1. The van der Waals surface area contributed by atoms with Gasteiger partial charge in [-0.2, -0.15) is 5.26 Å². The summed E-state index contributed by atoms with van der Waals surface area (Å²) in [4.78, 5) is 22.5. The first kappa shape index (κ1) is 13.7. The van der Waals surface area contributed by atoms with Gasteiger partial charge in [-0.3, -0.25) is 14.9 Å². The molecule has 1 unspecified atom stereocenters. The zero-order valence-electron chi connectivity index (χ0n) is 10.4. The second kappa shape index (κ2) is 5.78. The molecule has 1 fully saturated rings. The van der Waals surface area contributed by atoms with E-state index in [0.717, 1.165) is 6.42 Å². The molecule has 0 saturated carbocycles. The lowest BCUT2D eigenvalue weighted by Crippen LogP contribution is -2.52. The van der Waals surface area contributed by atoms with Gasteiger partial charge in [-0.05, 0) is 18.3 Å². The minimum absolute atomic E-state index is 0.0164. The molecule has 1 atom stereocenters. The first-order valence-electron chi connectivity index (χ1n) is 5.89. The molecule has 1 aliphatic heterocycles. The van der Waals surface area contributed by atoms with Gasteiger partial charge in [0.1, 0.15) is 0 Å². The monoisotopic (exact) mass is 237 g/mol. The highest BCUT2D eigenvalue weighted by molar-refractivity contribution is 6.00. The highest BCUT2D eigenvalue weighted by Gasteiger charge is 2.28. The standard InChI is InChI=1S/C12H19N3O2/c1-12(2,6-3-7-13)8-14-9-4-5-10(16)15-11(9)17/h9,14H,3-6,8H2,1-2H3,(H,15,16,17). The number of nitrogens with zero attached hydrogens (tertiary/aromatic N) is 1. The molecule has 2 amide bonds. The molecule has 5 nitrogen and oxygen atoms in total. The Balaban J connectivity index is 2.37. The van der Waals surface area contributed by atoms with Crippen molar-refractivity contribution in [1.82, 2.24) is 10.6 Å². The number of amides is 2. The summed E-state index contributed by atoms with van der Waals surface area (Å²) in [6, 6.07) is 1.84. The van der Waals surface area contributed by atoms with Crippen LogP contribution in [0.3, 0.4) is 0 Å². The molecule has 1 aliphatic rings. The predicted octanol–water partition coefficient (Wildman–Crippen LogP) is 0.711. The lowest BCUT2D eigenvalue weighted by molar-refractivity contribution is -0.134. The van der Waals surface area contributed by atoms with E-state index in [1.165, 1.54) is 0 Å². The molecule has 0 bridgehead atoms. The van der Waals surface area contributed by atoms with Crippen LogP contribution in [0.15, 0.2) is 0 Å². The molecule has 94 valence electrons. The molecule has 5 heteroatoms. The van der Waals surface area contributed by atoms with Crippen molar-refractivity contribution in [2.24, 2.45) is 5.41 Å². The van der Waals surface area contributed by atoms with Gasteiger partial charge >= 0.3 is 0 Å². The summed E-state index contributed by atoms with van der Waals surface area (Å²) >= 11 is 0. The lowest BCUT2D eigenvalue weighted by Gasteiger charge is -2.28. The summed E-state index contributed by atoms with van der Waals surface area (Å²) in [7, 11) is 0. The van der Waals surface area contributed by atoms with E-state index in [1.54, 1.807) is 0 Å². The Hall–Kier alpha value is -1.41. The fourth-order valence-corrected chi connectivity index (χ4v) is 1.77. The molecule has 0 aliphatic carbocycles. The average molecular weight is 237 g/mol. The number of nitrogens with one attached hydrogen (secondary N) is 2. The normalized spacial score (nSPS) is 20.9. The van der Waals surface area contributed by atoms with Gasteiger partial charge in [-0.1, -0.05) is 13.8 Å². The number of imide groups is 1. The average Bonchev–Trinajstić information content (AvgIpc) is 2.25. The first-order chi connectivity index (χ1) is 7.94. The number of rotatable bonds is 5. The number of carbonyl (C=O) groups is 2. The van der Waals surface area contributed by atoms with E-state index >= 15 is 0 Å². The molecule has 0 aromatic rings. The van der Waals surface area contributed by atoms with E-state index < -0.39 is 0 Å². The van der Waals surface area contributed by atoms with Gasteiger partial charge in [0.2, 0.25) is 11.8 Å². The fourth-order valence-electron chi connectivity index (χ4n) is 1.77. The fraction of sp³-hybridized carbons (Fsp3) is 0.750. The molecule has 0 aromatic carbocycles.